The van der Waals surface area contributed by atoms with Gasteiger partial charge in [-0.05, 0) is 35.6 Å². The van der Waals surface area contributed by atoms with Crippen LogP contribution in [0.4, 0.5) is 0 Å². The van der Waals surface area contributed by atoms with Crippen LogP contribution in [0.25, 0.3) is 11.3 Å². The molecule has 15 heavy (non-hydrogen) atoms. The zero-order valence-corrected chi connectivity index (χ0v) is 9.21. The van der Waals surface area contributed by atoms with Crippen molar-refractivity contribution in [2.24, 2.45) is 0 Å². The van der Waals surface area contributed by atoms with Gasteiger partial charge in [-0.1, -0.05) is 18.7 Å². The molecule has 4 heteroatoms. The van der Waals surface area contributed by atoms with Gasteiger partial charge in [-0.2, -0.15) is 0 Å². The van der Waals surface area contributed by atoms with Gasteiger partial charge in [0.25, 0.3) is 0 Å². The number of thioether (sulfide) groups is 1. The third-order valence-corrected chi connectivity index (χ3v) is 2.78. The van der Waals surface area contributed by atoms with Gasteiger partial charge in [0.1, 0.15) is 5.75 Å². The molecule has 0 aliphatic carbocycles. The highest BCUT2D eigenvalue weighted by molar-refractivity contribution is 7.99. The number of hydrogen-bond acceptors (Lipinski definition) is 3. The maximum absolute atomic E-state index is 9.16. The summed E-state index contributed by atoms with van der Waals surface area (Å²) >= 11 is 1.68. The largest absolute Gasteiger partial charge is 0.508 e. The molecule has 1 aromatic heterocycles. The number of aromatic nitrogens is 2. The summed E-state index contributed by atoms with van der Waals surface area (Å²) in [5.74, 6) is 1.28. The van der Waals surface area contributed by atoms with Gasteiger partial charge in [-0.15, -0.1) is 0 Å². The molecule has 1 aromatic carbocycles. The van der Waals surface area contributed by atoms with Gasteiger partial charge < -0.3 is 10.1 Å². The van der Waals surface area contributed by atoms with Gasteiger partial charge in [0.2, 0.25) is 0 Å². The molecule has 0 saturated carbocycles. The SMILES string of the molecule is CCSc1ncc(-c2ccc(O)cc2)[nH]1. The van der Waals surface area contributed by atoms with E-state index in [1.54, 1.807) is 23.9 Å². The number of aromatic hydroxyl groups is 1. The van der Waals surface area contributed by atoms with Crippen molar-refractivity contribution in [3.63, 3.8) is 0 Å². The summed E-state index contributed by atoms with van der Waals surface area (Å²) in [7, 11) is 0. The van der Waals surface area contributed by atoms with Crippen molar-refractivity contribution < 1.29 is 5.11 Å². The lowest BCUT2D eigenvalue weighted by atomic mass is 10.2. The molecule has 0 bridgehead atoms. The van der Waals surface area contributed by atoms with Crippen LogP contribution >= 0.6 is 11.8 Å². The second-order valence-corrected chi connectivity index (χ2v) is 4.33. The van der Waals surface area contributed by atoms with E-state index in [4.69, 9.17) is 5.11 Å². The number of rotatable bonds is 3. The number of nitrogens with one attached hydrogen (secondary N) is 1. The van der Waals surface area contributed by atoms with Gasteiger partial charge in [0.05, 0.1) is 11.9 Å². The molecule has 78 valence electrons. The molecular weight excluding hydrogens is 208 g/mol. The number of imidazole rings is 1. The van der Waals surface area contributed by atoms with E-state index in [1.165, 1.54) is 0 Å². The fraction of sp³-hybridized carbons (Fsp3) is 0.182. The molecule has 2 rings (SSSR count). The Morgan fingerprint density at radius 2 is 2.07 bits per heavy atom. The van der Waals surface area contributed by atoms with Gasteiger partial charge in [0.15, 0.2) is 5.16 Å². The molecule has 0 unspecified atom stereocenters. The van der Waals surface area contributed by atoms with Crippen LogP contribution < -0.4 is 0 Å². The highest BCUT2D eigenvalue weighted by atomic mass is 32.2. The number of nitrogens with zero attached hydrogens (tertiary/aromatic N) is 1. The monoisotopic (exact) mass is 220 g/mol. The predicted molar refractivity (Wildman–Crippen MR) is 62.1 cm³/mol. The van der Waals surface area contributed by atoms with Crippen LogP contribution in [0, 0.1) is 0 Å². The number of phenolic OH excluding ortho intramolecular Hbond substituents is 1. The molecular formula is C11H12N2OS. The third kappa shape index (κ3) is 2.33. The van der Waals surface area contributed by atoms with Crippen LogP contribution in [0.1, 0.15) is 6.92 Å². The Morgan fingerprint density at radius 1 is 1.33 bits per heavy atom. The van der Waals surface area contributed by atoms with Gasteiger partial charge in [0, 0.05) is 0 Å². The van der Waals surface area contributed by atoms with Crippen LogP contribution in [0.3, 0.4) is 0 Å². The molecule has 0 spiro atoms. The first-order chi connectivity index (χ1) is 7.29. The third-order valence-electron chi connectivity index (χ3n) is 2.01. The summed E-state index contributed by atoms with van der Waals surface area (Å²) in [6.45, 7) is 2.09. The molecule has 0 fully saturated rings. The van der Waals surface area contributed by atoms with Crippen molar-refractivity contribution in [2.75, 3.05) is 5.75 Å². The Labute approximate surface area is 92.6 Å². The van der Waals surface area contributed by atoms with E-state index in [9.17, 15) is 0 Å². The molecule has 0 aliphatic heterocycles. The zero-order valence-electron chi connectivity index (χ0n) is 8.40. The summed E-state index contributed by atoms with van der Waals surface area (Å²) in [6.07, 6.45) is 1.81. The smallest absolute Gasteiger partial charge is 0.165 e. The maximum atomic E-state index is 9.16. The predicted octanol–water partition coefficient (Wildman–Crippen LogP) is 2.89. The van der Waals surface area contributed by atoms with Crippen molar-refractivity contribution in [1.82, 2.24) is 9.97 Å². The summed E-state index contributed by atoms with van der Waals surface area (Å²) in [4.78, 5) is 7.47. The first-order valence-corrected chi connectivity index (χ1v) is 5.75. The van der Waals surface area contributed by atoms with E-state index < -0.39 is 0 Å². The Morgan fingerprint density at radius 3 is 2.73 bits per heavy atom. The minimum atomic E-state index is 0.279. The van der Waals surface area contributed by atoms with Crippen molar-refractivity contribution in [3.05, 3.63) is 30.5 Å². The van der Waals surface area contributed by atoms with E-state index in [0.717, 1.165) is 22.2 Å². The molecule has 0 amide bonds. The molecule has 1 heterocycles. The summed E-state index contributed by atoms with van der Waals surface area (Å²) < 4.78 is 0. The van der Waals surface area contributed by atoms with Crippen LogP contribution in [-0.4, -0.2) is 20.8 Å². The Kier molecular flexibility index (Phi) is 2.97. The number of phenols is 1. The Hall–Kier alpha value is -1.42. The quantitative estimate of drug-likeness (QED) is 0.782. The second-order valence-electron chi connectivity index (χ2n) is 3.08. The summed E-state index contributed by atoms with van der Waals surface area (Å²) in [5, 5.41) is 10.1. The second kappa shape index (κ2) is 4.40. The van der Waals surface area contributed by atoms with Gasteiger partial charge >= 0.3 is 0 Å². The van der Waals surface area contributed by atoms with Crippen LogP contribution in [0.15, 0.2) is 35.6 Å². The van der Waals surface area contributed by atoms with E-state index in [0.29, 0.717) is 0 Å². The summed E-state index contributed by atoms with van der Waals surface area (Å²) in [5.41, 5.74) is 2.01. The fourth-order valence-electron chi connectivity index (χ4n) is 1.30. The van der Waals surface area contributed by atoms with Crippen LogP contribution in [0.2, 0.25) is 0 Å². The topological polar surface area (TPSA) is 48.9 Å². The van der Waals surface area contributed by atoms with E-state index in [-0.39, 0.29) is 5.75 Å². The molecule has 0 saturated heterocycles. The lowest BCUT2D eigenvalue weighted by Crippen LogP contribution is -1.77. The normalized spacial score (nSPS) is 10.5. The van der Waals surface area contributed by atoms with E-state index >= 15 is 0 Å². The van der Waals surface area contributed by atoms with Gasteiger partial charge in [-0.3, -0.25) is 0 Å². The minimum absolute atomic E-state index is 0.279. The lowest BCUT2D eigenvalue weighted by molar-refractivity contribution is 0.475. The molecule has 2 aromatic rings. The van der Waals surface area contributed by atoms with Crippen molar-refractivity contribution >= 4 is 11.8 Å². The number of aromatic amines is 1. The molecule has 3 nitrogen and oxygen atoms in total. The highest BCUT2D eigenvalue weighted by Crippen LogP contribution is 2.22. The standard InChI is InChI=1S/C11H12N2OS/c1-2-15-11-12-7-10(13-11)8-3-5-9(14)6-4-8/h3-7,14H,2H2,1H3,(H,12,13). The van der Waals surface area contributed by atoms with Crippen LogP contribution in [0.5, 0.6) is 5.75 Å². The maximum Gasteiger partial charge on any atom is 0.165 e. The molecule has 0 radical (unpaired) electrons. The first kappa shape index (κ1) is 10.1. The number of benzene rings is 1. The lowest BCUT2D eigenvalue weighted by Gasteiger charge is -1.97. The minimum Gasteiger partial charge on any atom is -0.508 e. The van der Waals surface area contributed by atoms with Crippen molar-refractivity contribution in [1.29, 1.82) is 0 Å². The first-order valence-electron chi connectivity index (χ1n) is 4.77. The zero-order chi connectivity index (χ0) is 10.7. The van der Waals surface area contributed by atoms with Crippen molar-refractivity contribution in [3.8, 4) is 17.0 Å². The highest BCUT2D eigenvalue weighted by Gasteiger charge is 2.02. The molecule has 0 atom stereocenters. The fourth-order valence-corrected chi connectivity index (χ4v) is 1.88. The van der Waals surface area contributed by atoms with Crippen molar-refractivity contribution in [2.45, 2.75) is 12.1 Å². The van der Waals surface area contributed by atoms with Gasteiger partial charge in [-0.25, -0.2) is 4.98 Å². The molecule has 0 aliphatic rings. The average Bonchev–Trinajstić information content (AvgIpc) is 2.68. The number of H-pyrrole nitrogens is 1. The molecule has 2 N–H and O–H groups in total. The van der Waals surface area contributed by atoms with E-state index in [1.807, 2.05) is 18.3 Å². The average molecular weight is 220 g/mol. The van der Waals surface area contributed by atoms with E-state index in [2.05, 4.69) is 16.9 Å². The Balaban J connectivity index is 2.25. The van der Waals surface area contributed by atoms with Crippen LogP contribution in [-0.2, 0) is 0 Å². The summed E-state index contributed by atoms with van der Waals surface area (Å²) in [6, 6.07) is 7.07. The number of hydrogen-bond donors (Lipinski definition) is 2. The Bertz CT molecular complexity index is 436.